The lowest BCUT2D eigenvalue weighted by molar-refractivity contribution is -0.233. The maximum atomic E-state index is 14.4. The highest BCUT2D eigenvalue weighted by Gasteiger charge is 2.72. The van der Waals surface area contributed by atoms with E-state index in [-0.39, 0.29) is 45.8 Å². The van der Waals surface area contributed by atoms with Crippen LogP contribution in [0, 0.1) is 56.7 Å². The summed E-state index contributed by atoms with van der Waals surface area (Å²) < 4.78 is 9.78. The van der Waals surface area contributed by atoms with E-state index >= 15 is 0 Å². The molecule has 5 aliphatic carbocycles. The minimum Gasteiger partial charge on any atom is -0.469 e. The van der Waals surface area contributed by atoms with Crippen LogP contribution < -0.4 is 5.32 Å². The average Bonchev–Trinajstić information content (AvgIpc) is 3.36. The van der Waals surface area contributed by atoms with E-state index in [1.54, 1.807) is 0 Å². The minimum absolute atomic E-state index is 0.0513. The van der Waals surface area contributed by atoms with Crippen molar-refractivity contribution >= 4 is 23.6 Å². The highest BCUT2D eigenvalue weighted by Crippen LogP contribution is 2.77. The van der Waals surface area contributed by atoms with Crippen LogP contribution in [-0.2, 0) is 28.7 Å². The summed E-state index contributed by atoms with van der Waals surface area (Å²) in [7, 11) is 2.55. The molecule has 0 aromatic rings. The quantitative estimate of drug-likeness (QED) is 0.280. The molecule has 43 heavy (non-hydrogen) atoms. The first-order valence-electron chi connectivity index (χ1n) is 16.7. The van der Waals surface area contributed by atoms with Crippen LogP contribution in [0.1, 0.15) is 112 Å². The Bertz CT molecular complexity index is 1210. The number of ether oxygens (including phenoxy) is 2. The molecule has 1 amide bonds. The van der Waals surface area contributed by atoms with Gasteiger partial charge in [-0.25, -0.2) is 4.79 Å². The Labute approximate surface area is 258 Å². The molecule has 0 bridgehead atoms. The van der Waals surface area contributed by atoms with Gasteiger partial charge in [-0.05, 0) is 111 Å². The fourth-order valence-corrected chi connectivity index (χ4v) is 12.2. The smallest absolute Gasteiger partial charge is 0.328 e. The first kappa shape index (κ1) is 32.2. The number of fused-ring (bicyclic) bond motifs is 7. The fourth-order valence-electron chi connectivity index (χ4n) is 12.2. The molecule has 1 N–H and O–H groups in total. The van der Waals surface area contributed by atoms with Crippen molar-refractivity contribution in [3.63, 3.8) is 0 Å². The Balaban J connectivity index is 1.50. The molecule has 240 valence electrons. The number of carbonyl (C=O) groups is 4. The van der Waals surface area contributed by atoms with Crippen molar-refractivity contribution < 1.29 is 28.7 Å². The molecular weight excluding hydrogens is 542 g/mol. The lowest BCUT2D eigenvalue weighted by Gasteiger charge is -2.72. The molecule has 0 aliphatic heterocycles. The Morgan fingerprint density at radius 1 is 0.884 bits per heavy atom. The number of esters is 2. The average molecular weight is 598 g/mol. The lowest BCUT2D eigenvalue weighted by Crippen LogP contribution is -2.67. The Hall–Kier alpha value is -2.18. The Morgan fingerprint density at radius 3 is 2.21 bits per heavy atom. The molecule has 5 fully saturated rings. The zero-order valence-electron chi connectivity index (χ0n) is 27.9. The predicted molar refractivity (Wildman–Crippen MR) is 165 cm³/mol. The summed E-state index contributed by atoms with van der Waals surface area (Å²) in [5.41, 5.74) is 0.550. The zero-order valence-corrected chi connectivity index (χ0v) is 27.9. The van der Waals surface area contributed by atoms with Crippen molar-refractivity contribution in [2.45, 2.75) is 118 Å². The molecule has 5 rings (SSSR count). The third-order valence-electron chi connectivity index (χ3n) is 14.7. The van der Waals surface area contributed by atoms with Gasteiger partial charge < -0.3 is 14.8 Å². The molecule has 5 saturated carbocycles. The van der Waals surface area contributed by atoms with Gasteiger partial charge in [0.15, 0.2) is 0 Å². The molecule has 5 aliphatic rings. The third-order valence-corrected chi connectivity index (χ3v) is 14.7. The van der Waals surface area contributed by atoms with Crippen molar-refractivity contribution in [1.82, 2.24) is 5.32 Å². The number of nitrogens with one attached hydrogen (secondary N) is 1. The summed E-state index contributed by atoms with van der Waals surface area (Å²) in [5.74, 6) is 0.795. The Morgan fingerprint density at radius 2 is 1.58 bits per heavy atom. The molecule has 10 atom stereocenters. The lowest BCUT2D eigenvalue weighted by atomic mass is 9.32. The highest BCUT2D eigenvalue weighted by atomic mass is 16.5. The molecule has 0 aromatic carbocycles. The van der Waals surface area contributed by atoms with Crippen molar-refractivity contribution in [1.29, 1.82) is 0 Å². The first-order valence-corrected chi connectivity index (χ1v) is 16.7. The topological polar surface area (TPSA) is 98.8 Å². The maximum absolute atomic E-state index is 14.4. The van der Waals surface area contributed by atoms with Gasteiger partial charge in [0.2, 0.25) is 5.91 Å². The van der Waals surface area contributed by atoms with E-state index in [1.165, 1.54) is 14.2 Å². The SMILES string of the molecule is C=C(C)[C@@H]1CCC2(C(=O)NC(CC(=O)OC)C(=O)OC)CC[C@]3(C)C(CCC4[C@@]5(C)CCC(=O)C(C)(C)C5CC[C@]43C)C12. The summed E-state index contributed by atoms with van der Waals surface area (Å²) in [6.07, 6.45) is 9.21. The van der Waals surface area contributed by atoms with Crippen molar-refractivity contribution in [2.24, 2.45) is 56.7 Å². The molecule has 7 nitrogen and oxygen atoms in total. The number of hydrogen-bond donors (Lipinski definition) is 1. The van der Waals surface area contributed by atoms with Gasteiger partial charge in [-0.2, -0.15) is 0 Å². The zero-order chi connectivity index (χ0) is 31.8. The number of methoxy groups -OCH3 is 2. The van der Waals surface area contributed by atoms with Crippen LogP contribution in [0.5, 0.6) is 0 Å². The monoisotopic (exact) mass is 597 g/mol. The van der Waals surface area contributed by atoms with Crippen LogP contribution in [-0.4, -0.2) is 43.9 Å². The summed E-state index contributed by atoms with van der Waals surface area (Å²) in [6.45, 7) is 18.5. The summed E-state index contributed by atoms with van der Waals surface area (Å²) >= 11 is 0. The fraction of sp³-hybridized carbons (Fsp3) is 0.833. The van der Waals surface area contributed by atoms with Gasteiger partial charge in [-0.1, -0.05) is 46.8 Å². The second-order valence-corrected chi connectivity index (χ2v) is 16.3. The molecule has 7 heteroatoms. The minimum atomic E-state index is -1.07. The molecule has 6 unspecified atom stereocenters. The van der Waals surface area contributed by atoms with Gasteiger partial charge >= 0.3 is 11.9 Å². The van der Waals surface area contributed by atoms with Gasteiger partial charge in [-0.15, -0.1) is 0 Å². The van der Waals surface area contributed by atoms with E-state index in [0.717, 1.165) is 63.4 Å². The third kappa shape index (κ3) is 4.47. The van der Waals surface area contributed by atoms with Crippen molar-refractivity contribution in [3.8, 4) is 0 Å². The molecule has 0 heterocycles. The standard InChI is InChI=1S/C36H55NO6/c1-21(2)22-12-17-36(31(41)37-24(30(40)43-9)20-28(39)42-8)19-18-34(6)23(29(22)36)10-11-26-33(5)15-14-27(38)32(3,4)25(33)13-16-35(26,34)7/h22-26,29H,1,10-20H2,2-9H3,(H,37,41)/t22-,23?,24?,25?,26?,29?,33-,34+,35+,36?/m0/s1. The predicted octanol–water partition coefficient (Wildman–Crippen LogP) is 6.43. The number of hydrogen-bond acceptors (Lipinski definition) is 6. The number of ketones is 1. The largest absolute Gasteiger partial charge is 0.469 e. The van der Waals surface area contributed by atoms with Gasteiger partial charge in [0.1, 0.15) is 11.8 Å². The van der Waals surface area contributed by atoms with E-state index < -0.39 is 23.4 Å². The second kappa shape index (κ2) is 10.7. The van der Waals surface area contributed by atoms with Crippen molar-refractivity contribution in [3.05, 3.63) is 12.2 Å². The van der Waals surface area contributed by atoms with Gasteiger partial charge in [-0.3, -0.25) is 14.4 Å². The van der Waals surface area contributed by atoms with Gasteiger partial charge in [0.25, 0.3) is 0 Å². The summed E-state index contributed by atoms with van der Waals surface area (Å²) in [6, 6.07) is -1.07. The number of carbonyl (C=O) groups excluding carboxylic acids is 4. The van der Waals surface area contributed by atoms with Crippen molar-refractivity contribution in [2.75, 3.05) is 14.2 Å². The second-order valence-electron chi connectivity index (χ2n) is 16.3. The van der Waals surface area contributed by atoms with Crippen LogP contribution in [0.4, 0.5) is 0 Å². The van der Waals surface area contributed by atoms with Crippen LogP contribution >= 0.6 is 0 Å². The molecule has 0 spiro atoms. The number of amides is 1. The molecular formula is C36H55NO6. The summed E-state index contributed by atoms with van der Waals surface area (Å²) in [4.78, 5) is 52.3. The molecule has 0 saturated heterocycles. The maximum Gasteiger partial charge on any atom is 0.328 e. The highest BCUT2D eigenvalue weighted by molar-refractivity contribution is 5.91. The van der Waals surface area contributed by atoms with E-state index in [2.05, 4.69) is 53.4 Å². The van der Waals surface area contributed by atoms with Crippen LogP contribution in [0.3, 0.4) is 0 Å². The number of rotatable bonds is 6. The molecule has 0 radical (unpaired) electrons. The van der Waals surface area contributed by atoms with Crippen LogP contribution in [0.15, 0.2) is 12.2 Å². The molecule has 0 aromatic heterocycles. The van der Waals surface area contributed by atoms with E-state index in [0.29, 0.717) is 30.0 Å². The Kier molecular flexibility index (Phi) is 8.03. The van der Waals surface area contributed by atoms with Crippen LogP contribution in [0.25, 0.3) is 0 Å². The summed E-state index contributed by atoms with van der Waals surface area (Å²) in [5, 5.41) is 2.98. The van der Waals surface area contributed by atoms with Crippen LogP contribution in [0.2, 0.25) is 0 Å². The normalized spacial score (nSPS) is 43.6. The van der Waals surface area contributed by atoms with E-state index in [9.17, 15) is 19.2 Å². The van der Waals surface area contributed by atoms with E-state index in [1.807, 2.05) is 0 Å². The number of allylic oxidation sites excluding steroid dienone is 1. The number of Topliss-reactive ketones (excluding diaryl/α,β-unsaturated/α-hetero) is 1. The van der Waals surface area contributed by atoms with Gasteiger partial charge in [0, 0.05) is 11.8 Å². The van der Waals surface area contributed by atoms with Gasteiger partial charge in [0.05, 0.1) is 26.1 Å². The van der Waals surface area contributed by atoms with E-state index in [4.69, 9.17) is 9.47 Å². The first-order chi connectivity index (χ1) is 20.0.